The number of carbonyl (C=O) groups excluding carboxylic acids is 1. The van der Waals surface area contributed by atoms with Gasteiger partial charge in [-0.15, -0.1) is 5.10 Å². The van der Waals surface area contributed by atoms with E-state index in [2.05, 4.69) is 10.2 Å². The maximum atomic E-state index is 13.3. The van der Waals surface area contributed by atoms with Crippen molar-refractivity contribution >= 4 is 34.2 Å². The van der Waals surface area contributed by atoms with Gasteiger partial charge < -0.3 is 14.4 Å². The van der Waals surface area contributed by atoms with Gasteiger partial charge in [-0.3, -0.25) is 4.65 Å². The van der Waals surface area contributed by atoms with E-state index in [4.69, 9.17) is 9.15 Å². The number of rotatable bonds is 5. The highest BCUT2D eigenvalue weighted by Gasteiger charge is 2.45. The van der Waals surface area contributed by atoms with Crippen molar-refractivity contribution in [1.29, 1.82) is 0 Å². The van der Waals surface area contributed by atoms with E-state index in [1.54, 1.807) is 18.0 Å². The number of nitrogens with zero attached hydrogens (tertiary/aromatic N) is 4. The molecule has 2 atom stereocenters. The number of hydrogen-bond donors (Lipinski definition) is 0. The van der Waals surface area contributed by atoms with Crippen LogP contribution in [0.15, 0.2) is 27.2 Å². The lowest BCUT2D eigenvalue weighted by molar-refractivity contribution is 0.00247. The van der Waals surface area contributed by atoms with E-state index in [0.717, 1.165) is 10.1 Å². The Morgan fingerprint density at radius 2 is 2.48 bits per heavy atom. The van der Waals surface area contributed by atoms with Gasteiger partial charge in [-0.2, -0.15) is 0 Å². The zero-order chi connectivity index (χ0) is 16.4. The molecule has 0 saturated carbocycles. The first-order valence-corrected chi connectivity index (χ1v) is 8.82. The Hall–Kier alpha value is -1.46. The molecule has 0 radical (unpaired) electrons. The number of furan rings is 1. The lowest BCUT2D eigenvalue weighted by atomic mass is 10.4. The molecular weight excluding hydrogens is 340 g/mol. The Labute approximate surface area is 141 Å². The fourth-order valence-electron chi connectivity index (χ4n) is 2.33. The van der Waals surface area contributed by atoms with Gasteiger partial charge in [0.2, 0.25) is 5.76 Å². The first kappa shape index (κ1) is 16.4. The van der Waals surface area contributed by atoms with Crippen molar-refractivity contribution in [2.24, 2.45) is 0 Å². The number of hydrogen-bond acceptors (Lipinski definition) is 9. The SMILES string of the molecule is CCSc1nnc([N+]2([O-])CN(C)CC2OC(=O)c2ccco2)s1. The Bertz CT molecular complexity index is 677. The minimum absolute atomic E-state index is 0.0746. The van der Waals surface area contributed by atoms with Gasteiger partial charge in [0.05, 0.1) is 12.8 Å². The van der Waals surface area contributed by atoms with Crippen LogP contribution in [0.25, 0.3) is 0 Å². The molecule has 0 aromatic carbocycles. The fourth-order valence-corrected chi connectivity index (χ4v) is 4.13. The molecule has 0 N–H and O–H groups in total. The minimum Gasteiger partial charge on any atom is -0.622 e. The first-order chi connectivity index (χ1) is 11.0. The van der Waals surface area contributed by atoms with Crippen LogP contribution in [-0.2, 0) is 4.74 Å². The molecule has 2 unspecified atom stereocenters. The largest absolute Gasteiger partial charge is 0.622 e. The van der Waals surface area contributed by atoms with Crippen LogP contribution in [0.2, 0.25) is 0 Å². The summed E-state index contributed by atoms with van der Waals surface area (Å²) in [5.41, 5.74) is 0. The Morgan fingerprint density at radius 1 is 1.65 bits per heavy atom. The zero-order valence-corrected chi connectivity index (χ0v) is 14.3. The summed E-state index contributed by atoms with van der Waals surface area (Å²) < 4.78 is 10.3. The van der Waals surface area contributed by atoms with Crippen LogP contribution in [0.4, 0.5) is 5.13 Å². The normalized spacial score (nSPS) is 24.9. The van der Waals surface area contributed by atoms with Crippen LogP contribution < -0.4 is 4.65 Å². The van der Waals surface area contributed by atoms with Gasteiger partial charge in [-0.1, -0.05) is 23.8 Å². The summed E-state index contributed by atoms with van der Waals surface area (Å²) in [6.07, 6.45) is 0.486. The fraction of sp³-hybridized carbons (Fsp3) is 0.462. The van der Waals surface area contributed by atoms with Crippen LogP contribution in [0, 0.1) is 5.21 Å². The summed E-state index contributed by atoms with van der Waals surface area (Å²) in [4.78, 5) is 13.9. The van der Waals surface area contributed by atoms with Crippen molar-refractivity contribution < 1.29 is 13.9 Å². The van der Waals surface area contributed by atoms with E-state index in [1.165, 1.54) is 35.4 Å². The van der Waals surface area contributed by atoms with E-state index in [0.29, 0.717) is 11.7 Å². The second-order valence-corrected chi connectivity index (χ2v) is 7.56. The molecule has 124 valence electrons. The Kier molecular flexibility index (Phi) is 4.69. The molecule has 3 heterocycles. The predicted octanol–water partition coefficient (Wildman–Crippen LogP) is 2.13. The van der Waals surface area contributed by atoms with E-state index in [-0.39, 0.29) is 12.4 Å². The van der Waals surface area contributed by atoms with Gasteiger partial charge in [-0.25, -0.2) is 9.69 Å². The van der Waals surface area contributed by atoms with E-state index in [9.17, 15) is 10.0 Å². The average Bonchev–Trinajstić information content (AvgIpc) is 3.21. The highest BCUT2D eigenvalue weighted by atomic mass is 32.2. The molecule has 1 aliphatic heterocycles. The van der Waals surface area contributed by atoms with Crippen molar-refractivity contribution in [2.75, 3.05) is 26.0 Å². The van der Waals surface area contributed by atoms with Gasteiger partial charge in [0.15, 0.2) is 4.34 Å². The molecule has 10 heteroatoms. The van der Waals surface area contributed by atoms with Gasteiger partial charge in [-0.05, 0) is 36.3 Å². The number of likely N-dealkylation sites (N-methyl/N-ethyl adjacent to an activating group) is 1. The second-order valence-electron chi connectivity index (χ2n) is 5.10. The summed E-state index contributed by atoms with van der Waals surface area (Å²) in [7, 11) is 1.80. The van der Waals surface area contributed by atoms with Crippen molar-refractivity contribution in [1.82, 2.24) is 19.7 Å². The van der Waals surface area contributed by atoms with E-state index < -0.39 is 16.8 Å². The van der Waals surface area contributed by atoms with Crippen LogP contribution in [0.3, 0.4) is 0 Å². The molecule has 0 amide bonds. The molecule has 0 spiro atoms. The van der Waals surface area contributed by atoms with Gasteiger partial charge in [0.1, 0.15) is 6.67 Å². The van der Waals surface area contributed by atoms with Crippen LogP contribution in [0.5, 0.6) is 0 Å². The summed E-state index contributed by atoms with van der Waals surface area (Å²) in [5, 5.41) is 21.6. The molecular formula is C13H16N4O4S2. The average molecular weight is 356 g/mol. The van der Waals surface area contributed by atoms with Crippen molar-refractivity contribution in [3.63, 3.8) is 0 Å². The number of esters is 1. The number of ether oxygens (including phenoxy) is 1. The number of aromatic nitrogens is 2. The third-order valence-corrected chi connectivity index (χ3v) is 5.39. The van der Waals surface area contributed by atoms with Gasteiger partial charge in [0.25, 0.3) is 6.23 Å². The molecule has 0 aliphatic carbocycles. The molecule has 2 aromatic rings. The molecule has 0 bridgehead atoms. The highest BCUT2D eigenvalue weighted by Crippen LogP contribution is 2.36. The van der Waals surface area contributed by atoms with Crippen LogP contribution in [0.1, 0.15) is 17.5 Å². The van der Waals surface area contributed by atoms with E-state index >= 15 is 0 Å². The second kappa shape index (κ2) is 6.57. The van der Waals surface area contributed by atoms with Crippen molar-refractivity contribution in [2.45, 2.75) is 17.5 Å². The number of hydroxylamine groups is 2. The number of thioether (sulfide) groups is 1. The summed E-state index contributed by atoms with van der Waals surface area (Å²) in [5.74, 6) is 0.275. The first-order valence-electron chi connectivity index (χ1n) is 7.01. The van der Waals surface area contributed by atoms with Crippen LogP contribution in [-0.4, -0.2) is 53.3 Å². The standard InChI is InChI=1S/C13H16N4O4S2/c1-3-22-13-15-14-12(23-13)17(19)8-16(2)7-10(17)21-11(18)9-5-4-6-20-9/h4-6,10H,3,7-8H2,1-2H3. The lowest BCUT2D eigenvalue weighted by Gasteiger charge is -2.37. The smallest absolute Gasteiger partial charge is 0.378 e. The summed E-state index contributed by atoms with van der Waals surface area (Å²) in [6.45, 7) is 2.48. The molecule has 1 saturated heterocycles. The van der Waals surface area contributed by atoms with E-state index in [1.807, 2.05) is 6.92 Å². The zero-order valence-electron chi connectivity index (χ0n) is 12.7. The summed E-state index contributed by atoms with van der Waals surface area (Å²) in [6, 6.07) is 3.09. The molecule has 3 rings (SSSR count). The maximum Gasteiger partial charge on any atom is 0.378 e. The minimum atomic E-state index is -0.898. The molecule has 1 fully saturated rings. The Morgan fingerprint density at radius 3 is 3.17 bits per heavy atom. The predicted molar refractivity (Wildman–Crippen MR) is 86.9 cm³/mol. The quantitative estimate of drug-likeness (QED) is 0.348. The lowest BCUT2D eigenvalue weighted by Crippen LogP contribution is -2.50. The Balaban J connectivity index is 1.81. The number of quaternary nitrogens is 1. The monoisotopic (exact) mass is 356 g/mol. The topological polar surface area (TPSA) is 91.5 Å². The highest BCUT2D eigenvalue weighted by molar-refractivity contribution is 8.01. The van der Waals surface area contributed by atoms with Crippen LogP contribution >= 0.6 is 23.1 Å². The molecule has 8 nitrogen and oxygen atoms in total. The van der Waals surface area contributed by atoms with Gasteiger partial charge in [0, 0.05) is 0 Å². The molecule has 1 aliphatic rings. The molecule has 23 heavy (non-hydrogen) atoms. The maximum absolute atomic E-state index is 13.3. The number of carbonyl (C=O) groups is 1. The summed E-state index contributed by atoms with van der Waals surface area (Å²) >= 11 is 2.77. The van der Waals surface area contributed by atoms with Crippen molar-refractivity contribution in [3.05, 3.63) is 29.4 Å². The van der Waals surface area contributed by atoms with Gasteiger partial charge >= 0.3 is 11.1 Å². The third kappa shape index (κ3) is 3.26. The van der Waals surface area contributed by atoms with Crippen molar-refractivity contribution in [3.8, 4) is 0 Å². The molecule has 2 aromatic heterocycles. The third-order valence-electron chi connectivity index (χ3n) is 3.34.